The molecule has 0 aliphatic carbocycles. The number of nitrogens with zero attached hydrogens (tertiary/aromatic N) is 3. The molecule has 2 aromatic heterocycles. The van der Waals surface area contributed by atoms with Gasteiger partial charge in [0.15, 0.2) is 0 Å². The summed E-state index contributed by atoms with van der Waals surface area (Å²) in [7, 11) is 0. The van der Waals surface area contributed by atoms with Crippen LogP contribution in [0.25, 0.3) is 16.6 Å². The topological polar surface area (TPSA) is 38.7 Å². The number of hydrogen-bond acceptors (Lipinski definition) is 4. The molecule has 3 nitrogen and oxygen atoms in total. The van der Waals surface area contributed by atoms with Crippen molar-refractivity contribution in [1.29, 1.82) is 0 Å². The van der Waals surface area contributed by atoms with Crippen LogP contribution in [0.15, 0.2) is 18.3 Å². The van der Waals surface area contributed by atoms with Crippen LogP contribution in [0.4, 0.5) is 0 Å². The van der Waals surface area contributed by atoms with Crippen molar-refractivity contribution in [1.82, 2.24) is 13.7 Å². The average molecular weight is 191 g/mol. The maximum atomic E-state index is 4.29. The minimum atomic E-state index is 0.906. The fraction of sp³-hybridized carbons (Fsp3) is 0.222. The van der Waals surface area contributed by atoms with Crippen molar-refractivity contribution in [3.63, 3.8) is 0 Å². The third kappa shape index (κ3) is 1.33. The van der Waals surface area contributed by atoms with Crippen LogP contribution in [0.2, 0.25) is 0 Å². The van der Waals surface area contributed by atoms with Crippen LogP contribution in [0.1, 0.15) is 19.5 Å². The first-order valence-corrected chi connectivity index (χ1v) is 4.76. The smallest absolute Gasteiger partial charge is 0.130 e. The Kier molecular flexibility index (Phi) is 2.06. The number of pyridine rings is 1. The number of fused-ring (bicyclic) bond motifs is 1. The summed E-state index contributed by atoms with van der Waals surface area (Å²) >= 11 is 1.23. The molecule has 0 aliphatic rings. The zero-order chi connectivity index (χ0) is 9.26. The highest BCUT2D eigenvalue weighted by atomic mass is 32.1. The molecular formula is C9H9N3S. The lowest BCUT2D eigenvalue weighted by molar-refractivity contribution is 1.28. The summed E-state index contributed by atoms with van der Waals surface area (Å²) < 4.78 is 8.37. The predicted molar refractivity (Wildman–Crippen MR) is 54.5 cm³/mol. The first kappa shape index (κ1) is 8.31. The van der Waals surface area contributed by atoms with Crippen molar-refractivity contribution in [2.45, 2.75) is 13.8 Å². The molecular weight excluding hydrogens is 182 g/mol. The van der Waals surface area contributed by atoms with E-state index in [1.165, 1.54) is 11.7 Å². The Morgan fingerprint density at radius 1 is 1.46 bits per heavy atom. The fourth-order valence-corrected chi connectivity index (χ4v) is 1.68. The van der Waals surface area contributed by atoms with Crippen LogP contribution in [0, 0.1) is 0 Å². The van der Waals surface area contributed by atoms with Crippen molar-refractivity contribution in [3.05, 3.63) is 24.0 Å². The maximum Gasteiger partial charge on any atom is 0.130 e. The van der Waals surface area contributed by atoms with E-state index >= 15 is 0 Å². The molecule has 0 radical (unpaired) electrons. The van der Waals surface area contributed by atoms with Gasteiger partial charge in [0.05, 0.1) is 17.4 Å². The van der Waals surface area contributed by atoms with Gasteiger partial charge in [-0.25, -0.2) is 0 Å². The van der Waals surface area contributed by atoms with E-state index in [9.17, 15) is 0 Å². The molecule has 0 aliphatic heterocycles. The van der Waals surface area contributed by atoms with Crippen LogP contribution in [-0.2, 0) is 0 Å². The second-order valence-electron chi connectivity index (χ2n) is 2.76. The average Bonchev–Trinajstić information content (AvgIpc) is 2.63. The first-order chi connectivity index (χ1) is 6.33. The highest BCUT2D eigenvalue weighted by molar-refractivity contribution is 7.00. The lowest BCUT2D eigenvalue weighted by Crippen LogP contribution is -1.87. The van der Waals surface area contributed by atoms with Crippen molar-refractivity contribution in [3.8, 4) is 0 Å². The SMILES string of the molecule is C/C=C(\C)c1nccc2nsnc12. The van der Waals surface area contributed by atoms with Gasteiger partial charge < -0.3 is 0 Å². The normalized spacial score (nSPS) is 12.3. The maximum absolute atomic E-state index is 4.29. The van der Waals surface area contributed by atoms with Crippen molar-refractivity contribution < 1.29 is 0 Å². The molecule has 0 amide bonds. The van der Waals surface area contributed by atoms with Crippen LogP contribution in [0.3, 0.4) is 0 Å². The third-order valence-corrected chi connectivity index (χ3v) is 2.52. The van der Waals surface area contributed by atoms with Gasteiger partial charge in [0.25, 0.3) is 0 Å². The standard InChI is InChI=1S/C9H9N3S/c1-3-6(2)8-9-7(4-5-10-8)11-13-12-9/h3-5H,1-2H3/b6-3+. The molecule has 0 bridgehead atoms. The van der Waals surface area contributed by atoms with Crippen LogP contribution in [0.5, 0.6) is 0 Å². The zero-order valence-corrected chi connectivity index (χ0v) is 8.30. The molecule has 0 fully saturated rings. The number of allylic oxidation sites excluding steroid dienone is 2. The minimum Gasteiger partial charge on any atom is -0.254 e. The first-order valence-electron chi connectivity index (χ1n) is 4.03. The summed E-state index contributed by atoms with van der Waals surface area (Å²) in [5, 5.41) is 0. The predicted octanol–water partition coefficient (Wildman–Crippen LogP) is 2.51. The number of rotatable bonds is 1. The number of aromatic nitrogens is 3. The van der Waals surface area contributed by atoms with E-state index in [0.29, 0.717) is 0 Å². The van der Waals surface area contributed by atoms with E-state index in [1.807, 2.05) is 26.0 Å². The Hall–Kier alpha value is -1.29. The molecule has 0 aromatic carbocycles. The van der Waals surface area contributed by atoms with E-state index in [0.717, 1.165) is 22.3 Å². The summed E-state index contributed by atoms with van der Waals surface area (Å²) in [6.45, 7) is 4.02. The lowest BCUT2D eigenvalue weighted by atomic mass is 10.1. The minimum absolute atomic E-state index is 0.906. The zero-order valence-electron chi connectivity index (χ0n) is 7.48. The van der Waals surface area contributed by atoms with E-state index in [-0.39, 0.29) is 0 Å². The molecule has 2 rings (SSSR count). The van der Waals surface area contributed by atoms with Crippen molar-refractivity contribution in [2.75, 3.05) is 0 Å². The molecule has 0 atom stereocenters. The van der Waals surface area contributed by atoms with Crippen LogP contribution < -0.4 is 0 Å². The Balaban J connectivity index is 2.75. The molecule has 0 N–H and O–H groups in total. The molecule has 2 heterocycles. The van der Waals surface area contributed by atoms with Crippen LogP contribution >= 0.6 is 11.7 Å². The van der Waals surface area contributed by atoms with Gasteiger partial charge in [-0.3, -0.25) is 4.98 Å². The highest BCUT2D eigenvalue weighted by Crippen LogP contribution is 2.20. The Labute approximate surface area is 80.5 Å². The second-order valence-corrected chi connectivity index (χ2v) is 3.29. The molecule has 0 unspecified atom stereocenters. The molecule has 66 valence electrons. The third-order valence-electron chi connectivity index (χ3n) is 1.98. The van der Waals surface area contributed by atoms with E-state index in [4.69, 9.17) is 0 Å². The summed E-state index contributed by atoms with van der Waals surface area (Å²) in [6.07, 6.45) is 3.80. The monoisotopic (exact) mass is 191 g/mol. The van der Waals surface area contributed by atoms with E-state index in [1.54, 1.807) is 6.20 Å². The summed E-state index contributed by atoms with van der Waals surface area (Å²) in [5.74, 6) is 0. The molecule has 0 spiro atoms. The molecule has 0 saturated heterocycles. The van der Waals surface area contributed by atoms with Gasteiger partial charge >= 0.3 is 0 Å². The van der Waals surface area contributed by atoms with Gasteiger partial charge in [0.1, 0.15) is 11.0 Å². The largest absolute Gasteiger partial charge is 0.254 e. The quantitative estimate of drug-likeness (QED) is 0.695. The molecule has 4 heteroatoms. The lowest BCUT2D eigenvalue weighted by Gasteiger charge is -1.98. The summed E-state index contributed by atoms with van der Waals surface area (Å²) in [4.78, 5) is 4.29. The van der Waals surface area contributed by atoms with Gasteiger partial charge in [0.2, 0.25) is 0 Å². The summed E-state index contributed by atoms with van der Waals surface area (Å²) in [6, 6.07) is 1.88. The molecule has 2 aromatic rings. The van der Waals surface area contributed by atoms with Gasteiger partial charge in [-0.05, 0) is 25.5 Å². The van der Waals surface area contributed by atoms with Gasteiger partial charge in [-0.1, -0.05) is 6.08 Å². The Morgan fingerprint density at radius 3 is 3.08 bits per heavy atom. The summed E-state index contributed by atoms with van der Waals surface area (Å²) in [5.41, 5.74) is 3.91. The second kappa shape index (κ2) is 3.22. The van der Waals surface area contributed by atoms with Gasteiger partial charge in [0, 0.05) is 6.20 Å². The molecule has 13 heavy (non-hydrogen) atoms. The van der Waals surface area contributed by atoms with Gasteiger partial charge in [-0.2, -0.15) is 8.75 Å². The Morgan fingerprint density at radius 2 is 2.31 bits per heavy atom. The highest BCUT2D eigenvalue weighted by Gasteiger charge is 2.06. The van der Waals surface area contributed by atoms with E-state index in [2.05, 4.69) is 13.7 Å². The molecule has 0 saturated carbocycles. The Bertz CT molecular complexity index is 459. The fourth-order valence-electron chi connectivity index (χ4n) is 1.14. The van der Waals surface area contributed by atoms with Crippen molar-refractivity contribution in [2.24, 2.45) is 0 Å². The van der Waals surface area contributed by atoms with Crippen LogP contribution in [-0.4, -0.2) is 13.7 Å². The van der Waals surface area contributed by atoms with E-state index < -0.39 is 0 Å². The number of hydrogen-bond donors (Lipinski definition) is 0. The van der Waals surface area contributed by atoms with Gasteiger partial charge in [-0.15, -0.1) is 0 Å². The van der Waals surface area contributed by atoms with Crippen molar-refractivity contribution >= 4 is 28.3 Å².